The molecule has 3 N–H and O–H groups in total. The van der Waals surface area contributed by atoms with E-state index in [9.17, 15) is 14.0 Å². The maximum atomic E-state index is 13.3. The molecule has 0 bridgehead atoms. The second kappa shape index (κ2) is 8.34. The number of alkyl carbamates (subject to hydrolysis) is 1. The Labute approximate surface area is 168 Å². The van der Waals surface area contributed by atoms with Crippen molar-refractivity contribution in [3.05, 3.63) is 60.0 Å². The summed E-state index contributed by atoms with van der Waals surface area (Å²) in [5, 5.41) is 6.25. The third kappa shape index (κ3) is 5.34. The molecule has 0 atom stereocenters. The Morgan fingerprint density at radius 3 is 2.41 bits per heavy atom. The molecule has 29 heavy (non-hydrogen) atoms. The molecule has 7 heteroatoms. The van der Waals surface area contributed by atoms with Crippen molar-refractivity contribution in [2.24, 2.45) is 0 Å². The second-order valence-corrected chi connectivity index (χ2v) is 7.65. The van der Waals surface area contributed by atoms with E-state index in [1.54, 1.807) is 39.0 Å². The number of carbonyl (C=O) groups excluding carboxylic acids is 2. The van der Waals surface area contributed by atoms with E-state index in [0.717, 1.165) is 22.0 Å². The Balaban J connectivity index is 1.56. The van der Waals surface area contributed by atoms with Crippen LogP contribution >= 0.6 is 0 Å². The van der Waals surface area contributed by atoms with Crippen LogP contribution in [0.2, 0.25) is 0 Å². The number of fused-ring (bicyclic) bond motifs is 1. The summed E-state index contributed by atoms with van der Waals surface area (Å²) in [5.41, 5.74) is 2.53. The lowest BCUT2D eigenvalue weighted by atomic mass is 10.0. The molecule has 6 nitrogen and oxygen atoms in total. The summed E-state index contributed by atoms with van der Waals surface area (Å²) in [6.45, 7) is 5.91. The number of carbonyl (C=O) groups is 2. The Morgan fingerprint density at radius 1 is 1.03 bits per heavy atom. The van der Waals surface area contributed by atoms with E-state index in [1.807, 2.05) is 18.3 Å². The van der Waals surface area contributed by atoms with Crippen LogP contribution in [-0.2, 0) is 4.74 Å². The molecule has 3 aromatic rings. The van der Waals surface area contributed by atoms with Crippen LogP contribution in [0.15, 0.2) is 48.7 Å². The molecule has 2 aromatic carbocycles. The molecule has 2 amide bonds. The number of aromatic amines is 1. The minimum absolute atomic E-state index is 0.233. The number of H-pyrrole nitrogens is 1. The Morgan fingerprint density at radius 2 is 1.72 bits per heavy atom. The zero-order valence-corrected chi connectivity index (χ0v) is 16.6. The van der Waals surface area contributed by atoms with Gasteiger partial charge in [0.1, 0.15) is 11.4 Å². The lowest BCUT2D eigenvalue weighted by Crippen LogP contribution is -2.37. The quantitative estimate of drug-likeness (QED) is 0.564. The highest BCUT2D eigenvalue weighted by atomic mass is 19.1. The smallest absolute Gasteiger partial charge is 0.407 e. The van der Waals surface area contributed by atoms with Gasteiger partial charge in [0.25, 0.3) is 5.91 Å². The predicted octanol–water partition coefficient (Wildman–Crippen LogP) is 4.23. The lowest BCUT2D eigenvalue weighted by molar-refractivity contribution is 0.0526. The zero-order chi connectivity index (χ0) is 21.0. The number of rotatable bonds is 5. The first-order chi connectivity index (χ1) is 13.7. The van der Waals surface area contributed by atoms with E-state index in [1.165, 1.54) is 12.1 Å². The molecule has 0 spiro atoms. The van der Waals surface area contributed by atoms with Gasteiger partial charge in [0.2, 0.25) is 0 Å². The summed E-state index contributed by atoms with van der Waals surface area (Å²) >= 11 is 0. The first-order valence-corrected chi connectivity index (χ1v) is 9.35. The van der Waals surface area contributed by atoms with Crippen molar-refractivity contribution in [1.29, 1.82) is 0 Å². The fourth-order valence-electron chi connectivity index (χ4n) is 2.90. The monoisotopic (exact) mass is 397 g/mol. The number of hydrogen-bond donors (Lipinski definition) is 3. The lowest BCUT2D eigenvalue weighted by Gasteiger charge is -2.19. The van der Waals surface area contributed by atoms with Crippen LogP contribution in [0.5, 0.6) is 0 Å². The van der Waals surface area contributed by atoms with E-state index in [-0.39, 0.29) is 24.8 Å². The molecule has 3 rings (SSSR count). The summed E-state index contributed by atoms with van der Waals surface area (Å²) < 4.78 is 18.5. The Kier molecular flexibility index (Phi) is 5.87. The van der Waals surface area contributed by atoms with Gasteiger partial charge in [-0.15, -0.1) is 0 Å². The van der Waals surface area contributed by atoms with Gasteiger partial charge in [0, 0.05) is 41.3 Å². The van der Waals surface area contributed by atoms with Crippen molar-refractivity contribution in [3.63, 3.8) is 0 Å². The van der Waals surface area contributed by atoms with Crippen molar-refractivity contribution in [1.82, 2.24) is 15.6 Å². The van der Waals surface area contributed by atoms with Gasteiger partial charge in [-0.1, -0.05) is 12.1 Å². The maximum Gasteiger partial charge on any atom is 0.407 e. The van der Waals surface area contributed by atoms with E-state index in [2.05, 4.69) is 15.6 Å². The molecule has 0 unspecified atom stereocenters. The zero-order valence-electron chi connectivity index (χ0n) is 16.6. The average Bonchev–Trinajstić information content (AvgIpc) is 3.06. The van der Waals surface area contributed by atoms with Crippen molar-refractivity contribution in [2.45, 2.75) is 26.4 Å². The fraction of sp³-hybridized carbons (Fsp3) is 0.273. The number of benzene rings is 2. The second-order valence-electron chi connectivity index (χ2n) is 7.65. The minimum atomic E-state index is -0.561. The molecule has 0 aliphatic carbocycles. The van der Waals surface area contributed by atoms with Crippen LogP contribution in [0.25, 0.3) is 22.0 Å². The molecule has 0 saturated carbocycles. The van der Waals surface area contributed by atoms with Gasteiger partial charge >= 0.3 is 6.09 Å². The third-order valence-corrected chi connectivity index (χ3v) is 4.18. The molecule has 0 saturated heterocycles. The highest BCUT2D eigenvalue weighted by Gasteiger charge is 2.15. The summed E-state index contributed by atoms with van der Waals surface area (Å²) in [6, 6.07) is 11.8. The topological polar surface area (TPSA) is 83.2 Å². The highest BCUT2D eigenvalue weighted by Crippen LogP contribution is 2.29. The number of amides is 2. The van der Waals surface area contributed by atoms with Crippen molar-refractivity contribution >= 4 is 22.9 Å². The average molecular weight is 397 g/mol. The van der Waals surface area contributed by atoms with Gasteiger partial charge in [-0.2, -0.15) is 0 Å². The summed E-state index contributed by atoms with van der Waals surface area (Å²) in [6.07, 6.45) is 1.30. The molecule has 152 valence electrons. The molecule has 1 heterocycles. The first-order valence-electron chi connectivity index (χ1n) is 9.35. The van der Waals surface area contributed by atoms with Crippen molar-refractivity contribution in [2.75, 3.05) is 13.1 Å². The normalized spacial score (nSPS) is 11.3. The maximum absolute atomic E-state index is 13.3. The van der Waals surface area contributed by atoms with E-state index in [4.69, 9.17) is 4.74 Å². The number of ether oxygens (including phenoxy) is 1. The van der Waals surface area contributed by atoms with E-state index < -0.39 is 11.7 Å². The summed E-state index contributed by atoms with van der Waals surface area (Å²) in [7, 11) is 0. The molecule has 0 fully saturated rings. The van der Waals surface area contributed by atoms with E-state index in [0.29, 0.717) is 5.56 Å². The SMILES string of the molecule is CC(C)(C)OC(=O)NCCNC(=O)c1ccc(-c2c[nH]c3cc(F)ccc23)cc1. The molecule has 0 radical (unpaired) electrons. The molecule has 1 aromatic heterocycles. The van der Waals surface area contributed by atoms with Crippen LogP contribution in [0.1, 0.15) is 31.1 Å². The van der Waals surface area contributed by atoms with Gasteiger partial charge in [-0.25, -0.2) is 9.18 Å². The first kappa shape index (κ1) is 20.4. The standard InChI is InChI=1S/C22H24FN3O3/c1-22(2,3)29-21(28)25-11-10-24-20(27)15-6-4-14(5-7-15)18-13-26-19-12-16(23)8-9-17(18)19/h4-9,12-13,26H,10-11H2,1-3H3,(H,24,27)(H,25,28). The van der Waals surface area contributed by atoms with Crippen LogP contribution in [-0.4, -0.2) is 35.7 Å². The van der Waals surface area contributed by atoms with Crippen LogP contribution in [0, 0.1) is 5.82 Å². The number of aromatic nitrogens is 1. The van der Waals surface area contributed by atoms with Crippen LogP contribution in [0.4, 0.5) is 9.18 Å². The molecular formula is C22H24FN3O3. The largest absolute Gasteiger partial charge is 0.444 e. The van der Waals surface area contributed by atoms with Gasteiger partial charge in [0.15, 0.2) is 0 Å². The third-order valence-electron chi connectivity index (χ3n) is 4.18. The van der Waals surface area contributed by atoms with Crippen molar-refractivity contribution < 1.29 is 18.7 Å². The van der Waals surface area contributed by atoms with Crippen LogP contribution in [0.3, 0.4) is 0 Å². The number of halogens is 1. The van der Waals surface area contributed by atoms with Gasteiger partial charge in [-0.3, -0.25) is 4.79 Å². The fourth-order valence-corrected chi connectivity index (χ4v) is 2.90. The molecule has 0 aliphatic heterocycles. The van der Waals surface area contributed by atoms with Crippen molar-refractivity contribution in [3.8, 4) is 11.1 Å². The molecular weight excluding hydrogens is 373 g/mol. The van der Waals surface area contributed by atoms with Crippen LogP contribution < -0.4 is 10.6 Å². The van der Waals surface area contributed by atoms with E-state index >= 15 is 0 Å². The van der Waals surface area contributed by atoms with Gasteiger partial charge in [0.05, 0.1) is 0 Å². The molecule has 0 aliphatic rings. The number of hydrogen-bond acceptors (Lipinski definition) is 3. The van der Waals surface area contributed by atoms with Gasteiger partial charge < -0.3 is 20.4 Å². The van der Waals surface area contributed by atoms with Gasteiger partial charge in [-0.05, 0) is 56.7 Å². The minimum Gasteiger partial charge on any atom is -0.444 e. The predicted molar refractivity (Wildman–Crippen MR) is 110 cm³/mol. The Bertz CT molecular complexity index is 1020. The highest BCUT2D eigenvalue weighted by molar-refractivity contribution is 5.97. The summed E-state index contributed by atoms with van der Waals surface area (Å²) in [4.78, 5) is 26.9. The Hall–Kier alpha value is -3.35. The number of nitrogens with one attached hydrogen (secondary N) is 3. The summed E-state index contributed by atoms with van der Waals surface area (Å²) in [5.74, 6) is -0.525.